The molecule has 6 heteroatoms. The van der Waals surface area contributed by atoms with E-state index in [0.29, 0.717) is 10.7 Å². The van der Waals surface area contributed by atoms with Crippen LogP contribution >= 0.6 is 11.3 Å². The highest BCUT2D eigenvalue weighted by atomic mass is 32.1. The maximum absolute atomic E-state index is 13.0. The number of amides is 1. The number of pyridine rings is 1. The van der Waals surface area contributed by atoms with E-state index in [0.717, 1.165) is 42.0 Å². The Balaban J connectivity index is 1.68. The molecule has 0 saturated carbocycles. The number of fused-ring (bicyclic) bond motifs is 1. The van der Waals surface area contributed by atoms with Crippen LogP contribution < -0.4 is 9.80 Å². The van der Waals surface area contributed by atoms with Gasteiger partial charge in [0.05, 0.1) is 15.8 Å². The Labute approximate surface area is 144 Å². The third-order valence-corrected chi connectivity index (χ3v) is 5.41. The molecule has 0 N–H and O–H groups in total. The number of rotatable bonds is 3. The number of hydrogen-bond donors (Lipinski definition) is 0. The number of carbonyl (C=O) groups is 1. The molecule has 0 unspecified atom stereocenters. The maximum atomic E-state index is 13.0. The van der Waals surface area contributed by atoms with Gasteiger partial charge >= 0.3 is 0 Å². The molecule has 3 heterocycles. The normalized spacial score (nSPS) is 14.3. The van der Waals surface area contributed by atoms with Gasteiger partial charge in [0.25, 0.3) is 5.91 Å². The largest absolute Gasteiger partial charge is 0.356 e. The van der Waals surface area contributed by atoms with Crippen LogP contribution in [0.15, 0.2) is 42.6 Å². The molecule has 0 atom stereocenters. The first kappa shape index (κ1) is 15.1. The summed E-state index contributed by atoms with van der Waals surface area (Å²) in [6, 6.07) is 11.6. The van der Waals surface area contributed by atoms with Crippen molar-refractivity contribution in [1.29, 1.82) is 0 Å². The van der Waals surface area contributed by atoms with Gasteiger partial charge in [-0.3, -0.25) is 9.69 Å². The van der Waals surface area contributed by atoms with Crippen molar-refractivity contribution < 1.29 is 4.79 Å². The molecular formula is C18H18N4OS. The van der Waals surface area contributed by atoms with Crippen LogP contribution in [0.5, 0.6) is 0 Å². The van der Waals surface area contributed by atoms with Crippen LogP contribution in [-0.4, -0.2) is 36.0 Å². The van der Waals surface area contributed by atoms with Gasteiger partial charge < -0.3 is 4.90 Å². The summed E-state index contributed by atoms with van der Waals surface area (Å²) >= 11 is 1.53. The van der Waals surface area contributed by atoms with Gasteiger partial charge in [0, 0.05) is 26.3 Å². The summed E-state index contributed by atoms with van der Waals surface area (Å²) < 4.78 is 1.08. The van der Waals surface area contributed by atoms with Gasteiger partial charge in [0.1, 0.15) is 5.82 Å². The van der Waals surface area contributed by atoms with Gasteiger partial charge in [-0.15, -0.1) is 0 Å². The Morgan fingerprint density at radius 2 is 1.96 bits per heavy atom. The molecule has 1 fully saturated rings. The van der Waals surface area contributed by atoms with Gasteiger partial charge in [0.2, 0.25) is 0 Å². The lowest BCUT2D eigenvalue weighted by molar-refractivity contribution is 0.0993. The van der Waals surface area contributed by atoms with E-state index in [1.807, 2.05) is 36.4 Å². The van der Waals surface area contributed by atoms with Crippen LogP contribution in [0.2, 0.25) is 0 Å². The molecule has 1 amide bonds. The number of benzene rings is 1. The summed E-state index contributed by atoms with van der Waals surface area (Å²) in [6.45, 7) is 1.92. The molecule has 5 nitrogen and oxygen atoms in total. The lowest BCUT2D eigenvalue weighted by Crippen LogP contribution is -2.29. The van der Waals surface area contributed by atoms with Crippen molar-refractivity contribution in [2.24, 2.45) is 0 Å². The quantitative estimate of drug-likeness (QED) is 0.732. The van der Waals surface area contributed by atoms with Crippen molar-refractivity contribution in [3.63, 3.8) is 0 Å². The van der Waals surface area contributed by atoms with Crippen molar-refractivity contribution in [1.82, 2.24) is 9.97 Å². The molecule has 1 aliphatic heterocycles. The molecule has 4 rings (SSSR count). The van der Waals surface area contributed by atoms with Crippen LogP contribution in [-0.2, 0) is 0 Å². The first-order chi connectivity index (χ1) is 11.7. The van der Waals surface area contributed by atoms with Crippen LogP contribution in [0.1, 0.15) is 23.2 Å². The Kier molecular flexibility index (Phi) is 3.90. The fraction of sp³-hybridized carbons (Fsp3) is 0.278. The third kappa shape index (κ3) is 2.63. The number of anilines is 2. The number of thiazole rings is 1. The van der Waals surface area contributed by atoms with Crippen LogP contribution in [0.4, 0.5) is 10.9 Å². The van der Waals surface area contributed by atoms with E-state index in [4.69, 9.17) is 0 Å². The Morgan fingerprint density at radius 1 is 1.17 bits per heavy atom. The molecule has 1 aromatic carbocycles. The number of nitrogens with zero attached hydrogens (tertiary/aromatic N) is 4. The second-order valence-corrected chi connectivity index (χ2v) is 6.91. The summed E-state index contributed by atoms with van der Waals surface area (Å²) in [5, 5.41) is 0.706. The molecular weight excluding hydrogens is 320 g/mol. The van der Waals surface area contributed by atoms with Crippen molar-refractivity contribution in [3.8, 4) is 0 Å². The molecule has 0 bridgehead atoms. The molecule has 3 aromatic rings. The fourth-order valence-electron chi connectivity index (χ4n) is 3.02. The number of para-hydroxylation sites is 1. The molecule has 122 valence electrons. The van der Waals surface area contributed by atoms with E-state index in [2.05, 4.69) is 14.9 Å². The first-order valence-electron chi connectivity index (χ1n) is 8.07. The Bertz CT molecular complexity index is 852. The summed E-state index contributed by atoms with van der Waals surface area (Å²) in [7, 11) is 1.78. The van der Waals surface area contributed by atoms with E-state index < -0.39 is 0 Å². The molecule has 0 radical (unpaired) electrons. The van der Waals surface area contributed by atoms with E-state index in [1.165, 1.54) is 11.3 Å². The summed E-state index contributed by atoms with van der Waals surface area (Å²) in [5.74, 6) is 0.719. The zero-order valence-corrected chi connectivity index (χ0v) is 14.3. The minimum atomic E-state index is -0.0657. The highest BCUT2D eigenvalue weighted by Crippen LogP contribution is 2.30. The highest BCUT2D eigenvalue weighted by Gasteiger charge is 2.24. The summed E-state index contributed by atoms with van der Waals surface area (Å²) in [4.78, 5) is 25.9. The average molecular weight is 338 g/mol. The highest BCUT2D eigenvalue weighted by molar-refractivity contribution is 7.22. The molecule has 1 saturated heterocycles. The lowest BCUT2D eigenvalue weighted by atomic mass is 10.2. The first-order valence-corrected chi connectivity index (χ1v) is 8.89. The van der Waals surface area contributed by atoms with Crippen molar-refractivity contribution in [2.45, 2.75) is 12.8 Å². The van der Waals surface area contributed by atoms with E-state index in [9.17, 15) is 4.79 Å². The van der Waals surface area contributed by atoms with Gasteiger partial charge in [-0.05, 0) is 37.1 Å². The average Bonchev–Trinajstić information content (AvgIpc) is 3.29. The summed E-state index contributed by atoms with van der Waals surface area (Å²) in [5.41, 5.74) is 1.56. The lowest BCUT2D eigenvalue weighted by Gasteiger charge is -2.21. The van der Waals surface area contributed by atoms with Gasteiger partial charge in [-0.2, -0.15) is 0 Å². The van der Waals surface area contributed by atoms with Crippen LogP contribution in [0.3, 0.4) is 0 Å². The minimum absolute atomic E-state index is 0.0657. The van der Waals surface area contributed by atoms with Crippen molar-refractivity contribution >= 4 is 38.4 Å². The van der Waals surface area contributed by atoms with Gasteiger partial charge in [-0.25, -0.2) is 9.97 Å². The van der Waals surface area contributed by atoms with Gasteiger partial charge in [-0.1, -0.05) is 23.5 Å². The molecule has 2 aromatic heterocycles. The number of aromatic nitrogens is 2. The minimum Gasteiger partial charge on any atom is -0.356 e. The zero-order valence-electron chi connectivity index (χ0n) is 13.5. The van der Waals surface area contributed by atoms with E-state index in [-0.39, 0.29) is 5.91 Å². The van der Waals surface area contributed by atoms with Crippen molar-refractivity contribution in [3.05, 3.63) is 48.2 Å². The number of hydrogen-bond acceptors (Lipinski definition) is 5. The monoisotopic (exact) mass is 338 g/mol. The van der Waals surface area contributed by atoms with Crippen LogP contribution in [0, 0.1) is 0 Å². The van der Waals surface area contributed by atoms with Gasteiger partial charge in [0.15, 0.2) is 5.13 Å². The maximum Gasteiger partial charge on any atom is 0.263 e. The Morgan fingerprint density at radius 3 is 2.75 bits per heavy atom. The predicted molar refractivity (Wildman–Crippen MR) is 98.0 cm³/mol. The molecule has 0 spiro atoms. The predicted octanol–water partition coefficient (Wildman–Crippen LogP) is 3.57. The fourth-order valence-corrected chi connectivity index (χ4v) is 3.94. The standard InChI is InChI=1S/C18H18N4OS/c1-21(18-20-14-8-2-3-9-15(14)24-18)17(23)13-7-6-10-19-16(13)22-11-4-5-12-22/h2-3,6-10H,4-5,11-12H2,1H3. The second-order valence-electron chi connectivity index (χ2n) is 5.90. The Hall–Kier alpha value is -2.47. The van der Waals surface area contributed by atoms with Crippen LogP contribution in [0.25, 0.3) is 10.2 Å². The topological polar surface area (TPSA) is 49.3 Å². The SMILES string of the molecule is CN(C(=O)c1cccnc1N1CCCC1)c1nc2ccccc2s1. The smallest absolute Gasteiger partial charge is 0.263 e. The second kappa shape index (κ2) is 6.20. The summed E-state index contributed by atoms with van der Waals surface area (Å²) in [6.07, 6.45) is 4.05. The molecule has 24 heavy (non-hydrogen) atoms. The third-order valence-electron chi connectivity index (χ3n) is 4.30. The number of carbonyl (C=O) groups excluding carboxylic acids is 1. The molecule has 0 aliphatic carbocycles. The molecule has 1 aliphatic rings. The zero-order chi connectivity index (χ0) is 16.5. The van der Waals surface area contributed by atoms with E-state index in [1.54, 1.807) is 18.1 Å². The van der Waals surface area contributed by atoms with E-state index >= 15 is 0 Å². The van der Waals surface area contributed by atoms with Crippen molar-refractivity contribution in [2.75, 3.05) is 29.9 Å².